The molecule has 1 aromatic heterocycles. The summed E-state index contributed by atoms with van der Waals surface area (Å²) in [6, 6.07) is 8.26. The Morgan fingerprint density at radius 2 is 1.95 bits per heavy atom. The molecule has 1 aromatic carbocycles. The van der Waals surface area contributed by atoms with Gasteiger partial charge in [-0.1, -0.05) is 13.0 Å². The van der Waals surface area contributed by atoms with Gasteiger partial charge in [0.25, 0.3) is 10.0 Å². The van der Waals surface area contributed by atoms with E-state index in [1.54, 1.807) is 31.2 Å². The van der Waals surface area contributed by atoms with E-state index in [2.05, 4.69) is 4.72 Å². The number of sulfonamides is 1. The number of benzene rings is 1. The summed E-state index contributed by atoms with van der Waals surface area (Å²) in [7, 11) is -3.84. The lowest BCUT2D eigenvalue weighted by Crippen LogP contribution is -2.31. The minimum Gasteiger partial charge on any atom is -0.469 e. The van der Waals surface area contributed by atoms with Gasteiger partial charge in [0.15, 0.2) is 0 Å². The molecule has 1 amide bonds. The summed E-state index contributed by atoms with van der Waals surface area (Å²) in [5.41, 5.74) is 1.86. The van der Waals surface area contributed by atoms with Crippen molar-refractivity contribution in [3.05, 3.63) is 53.5 Å². The van der Waals surface area contributed by atoms with Gasteiger partial charge in [-0.15, -0.1) is 0 Å². The maximum Gasteiger partial charge on any atom is 0.264 e. The first-order valence-corrected chi connectivity index (χ1v) is 8.44. The molecule has 0 saturated heterocycles. The number of hydrogen-bond acceptors (Lipinski definition) is 4. The molecule has 1 unspecified atom stereocenters. The number of rotatable bonds is 5. The summed E-state index contributed by atoms with van der Waals surface area (Å²) in [6.45, 7) is 5.53. The summed E-state index contributed by atoms with van der Waals surface area (Å²) < 4.78 is 31.8. The summed E-state index contributed by atoms with van der Waals surface area (Å²) >= 11 is 0. The first kappa shape index (κ1) is 16.3. The fraction of sp³-hybridized carbons (Fsp3) is 0.312. The molecule has 2 aromatic rings. The lowest BCUT2D eigenvalue weighted by Gasteiger charge is -2.11. The lowest BCUT2D eigenvalue weighted by atomic mass is 10.1. The molecular weight excluding hydrogens is 302 g/mol. The minimum absolute atomic E-state index is 0.0393. The van der Waals surface area contributed by atoms with Crippen LogP contribution in [0, 0.1) is 13.8 Å². The van der Waals surface area contributed by atoms with Crippen molar-refractivity contribution in [2.24, 2.45) is 0 Å². The van der Waals surface area contributed by atoms with Crippen molar-refractivity contribution in [3.63, 3.8) is 0 Å². The van der Waals surface area contributed by atoms with E-state index in [0.717, 1.165) is 11.1 Å². The molecule has 0 fully saturated rings. The Balaban J connectivity index is 2.08. The smallest absolute Gasteiger partial charge is 0.264 e. The molecule has 118 valence electrons. The molecule has 2 rings (SSSR count). The largest absolute Gasteiger partial charge is 0.469 e. The number of aryl methyl sites for hydroxylation is 2. The predicted octanol–water partition coefficient (Wildman–Crippen LogP) is 2.90. The quantitative estimate of drug-likeness (QED) is 0.918. The average molecular weight is 321 g/mol. The van der Waals surface area contributed by atoms with Crippen molar-refractivity contribution in [1.82, 2.24) is 4.72 Å². The van der Waals surface area contributed by atoms with Crippen molar-refractivity contribution in [2.75, 3.05) is 0 Å². The number of carbonyl (C=O) groups is 1. The van der Waals surface area contributed by atoms with Gasteiger partial charge in [-0.2, -0.15) is 0 Å². The molecule has 1 heterocycles. The maximum absolute atomic E-state index is 12.2. The summed E-state index contributed by atoms with van der Waals surface area (Å²) in [4.78, 5) is 12.0. The van der Waals surface area contributed by atoms with Crippen molar-refractivity contribution < 1.29 is 17.6 Å². The van der Waals surface area contributed by atoms with Gasteiger partial charge >= 0.3 is 0 Å². The molecule has 0 aliphatic carbocycles. The second kappa shape index (κ2) is 6.36. The summed E-state index contributed by atoms with van der Waals surface area (Å²) in [5.74, 6) is -0.0918. The van der Waals surface area contributed by atoms with Gasteiger partial charge in [-0.05, 0) is 49.2 Å². The molecule has 0 aliphatic heterocycles. The van der Waals surface area contributed by atoms with Gasteiger partial charge in [0, 0.05) is 12.3 Å². The Morgan fingerprint density at radius 1 is 1.23 bits per heavy atom. The lowest BCUT2D eigenvalue weighted by molar-refractivity contribution is -0.119. The van der Waals surface area contributed by atoms with Gasteiger partial charge in [-0.3, -0.25) is 4.79 Å². The third-order valence-corrected chi connectivity index (χ3v) is 4.93. The highest BCUT2D eigenvalue weighted by Crippen LogP contribution is 2.20. The SMILES string of the molecule is Cc1ccc(S(=O)(=O)NC(=O)CC(C)c2ccco2)cc1C. The average Bonchev–Trinajstić information content (AvgIpc) is 2.95. The number of carbonyl (C=O) groups excluding carboxylic acids is 1. The first-order chi connectivity index (χ1) is 10.3. The predicted molar refractivity (Wildman–Crippen MR) is 83.0 cm³/mol. The van der Waals surface area contributed by atoms with Gasteiger partial charge in [0.05, 0.1) is 11.2 Å². The van der Waals surface area contributed by atoms with E-state index in [1.807, 2.05) is 13.8 Å². The number of amides is 1. The zero-order valence-corrected chi connectivity index (χ0v) is 13.6. The van der Waals surface area contributed by atoms with Crippen LogP contribution < -0.4 is 4.72 Å². The Morgan fingerprint density at radius 3 is 2.55 bits per heavy atom. The molecular formula is C16H19NO4S. The van der Waals surface area contributed by atoms with Crippen LogP contribution in [0.25, 0.3) is 0 Å². The molecule has 0 radical (unpaired) electrons. The number of hydrogen-bond donors (Lipinski definition) is 1. The zero-order chi connectivity index (χ0) is 16.3. The molecule has 0 bridgehead atoms. The van der Waals surface area contributed by atoms with Crippen molar-refractivity contribution in [1.29, 1.82) is 0 Å². The van der Waals surface area contributed by atoms with E-state index in [-0.39, 0.29) is 17.2 Å². The van der Waals surface area contributed by atoms with Gasteiger partial charge in [0.1, 0.15) is 5.76 Å². The van der Waals surface area contributed by atoms with Gasteiger partial charge in [0.2, 0.25) is 5.91 Å². The molecule has 0 aliphatic rings. The third-order valence-electron chi connectivity index (χ3n) is 3.56. The van der Waals surface area contributed by atoms with E-state index in [0.29, 0.717) is 5.76 Å². The summed E-state index contributed by atoms with van der Waals surface area (Å²) in [5, 5.41) is 0. The molecule has 1 N–H and O–H groups in total. The van der Waals surface area contributed by atoms with Crippen LogP contribution in [0.3, 0.4) is 0 Å². The fourth-order valence-corrected chi connectivity index (χ4v) is 3.16. The molecule has 0 spiro atoms. The van der Waals surface area contributed by atoms with Crippen molar-refractivity contribution in [2.45, 2.75) is 38.0 Å². The van der Waals surface area contributed by atoms with E-state index in [1.165, 1.54) is 12.3 Å². The summed E-state index contributed by atoms with van der Waals surface area (Å²) in [6.07, 6.45) is 1.56. The normalized spacial score (nSPS) is 12.9. The van der Waals surface area contributed by atoms with Crippen LogP contribution in [-0.4, -0.2) is 14.3 Å². The second-order valence-electron chi connectivity index (χ2n) is 5.40. The zero-order valence-electron chi connectivity index (χ0n) is 12.8. The number of furan rings is 1. The molecule has 22 heavy (non-hydrogen) atoms. The van der Waals surface area contributed by atoms with Crippen molar-refractivity contribution >= 4 is 15.9 Å². The number of nitrogens with one attached hydrogen (secondary N) is 1. The van der Waals surface area contributed by atoms with Crippen LogP contribution in [0.4, 0.5) is 0 Å². The van der Waals surface area contributed by atoms with Crippen LogP contribution in [0.5, 0.6) is 0 Å². The molecule has 0 saturated carbocycles. The van der Waals surface area contributed by atoms with Crippen molar-refractivity contribution in [3.8, 4) is 0 Å². The Labute approximate surface area is 130 Å². The Kier molecular flexibility index (Phi) is 4.71. The van der Waals surface area contributed by atoms with Crippen LogP contribution in [0.2, 0.25) is 0 Å². The first-order valence-electron chi connectivity index (χ1n) is 6.96. The Bertz CT molecular complexity index is 763. The highest BCUT2D eigenvalue weighted by molar-refractivity contribution is 7.90. The molecule has 1 atom stereocenters. The second-order valence-corrected chi connectivity index (χ2v) is 7.08. The standard InChI is InChI=1S/C16H19NO4S/c1-11-6-7-14(9-12(11)2)22(19,20)17-16(18)10-13(3)15-5-4-8-21-15/h4-9,13H,10H2,1-3H3,(H,17,18). The van der Waals surface area contributed by atoms with E-state index < -0.39 is 15.9 Å². The van der Waals surface area contributed by atoms with Crippen LogP contribution in [-0.2, 0) is 14.8 Å². The van der Waals surface area contributed by atoms with E-state index in [4.69, 9.17) is 4.42 Å². The van der Waals surface area contributed by atoms with Crippen LogP contribution >= 0.6 is 0 Å². The monoisotopic (exact) mass is 321 g/mol. The third kappa shape index (κ3) is 3.76. The van der Waals surface area contributed by atoms with E-state index in [9.17, 15) is 13.2 Å². The van der Waals surface area contributed by atoms with Gasteiger partial charge in [-0.25, -0.2) is 13.1 Å². The fourth-order valence-electron chi connectivity index (χ4n) is 2.08. The van der Waals surface area contributed by atoms with Crippen LogP contribution in [0.1, 0.15) is 36.1 Å². The maximum atomic E-state index is 12.2. The highest BCUT2D eigenvalue weighted by atomic mass is 32.2. The van der Waals surface area contributed by atoms with Gasteiger partial charge < -0.3 is 4.42 Å². The Hall–Kier alpha value is -2.08. The van der Waals surface area contributed by atoms with Crippen LogP contribution in [0.15, 0.2) is 45.9 Å². The van der Waals surface area contributed by atoms with E-state index >= 15 is 0 Å². The molecule has 5 nitrogen and oxygen atoms in total. The minimum atomic E-state index is -3.84. The molecule has 6 heteroatoms. The topological polar surface area (TPSA) is 76.4 Å². The highest BCUT2D eigenvalue weighted by Gasteiger charge is 2.21.